The maximum atomic E-state index is 12.8. The predicted octanol–water partition coefficient (Wildman–Crippen LogP) is 2.93. The van der Waals surface area contributed by atoms with Crippen LogP contribution in [-0.2, 0) is 16.0 Å². The summed E-state index contributed by atoms with van der Waals surface area (Å²) in [6.45, 7) is 7.72. The number of amides is 1. The molecule has 1 aliphatic heterocycles. The van der Waals surface area contributed by atoms with E-state index in [-0.39, 0.29) is 17.6 Å². The van der Waals surface area contributed by atoms with Crippen LogP contribution in [0.3, 0.4) is 0 Å². The third kappa shape index (κ3) is 7.43. The molecular formula is C22H34N2O3. The lowest BCUT2D eigenvalue weighted by molar-refractivity contribution is -0.122. The van der Waals surface area contributed by atoms with E-state index in [1.165, 1.54) is 5.56 Å². The molecule has 1 N–H and O–H groups in total. The molecule has 0 unspecified atom stereocenters. The lowest BCUT2D eigenvalue weighted by Crippen LogP contribution is -2.43. The largest absolute Gasteiger partial charge is 0.385 e. The Hall–Kier alpha value is -1.72. The van der Waals surface area contributed by atoms with Gasteiger partial charge in [-0.1, -0.05) is 38.1 Å². The van der Waals surface area contributed by atoms with E-state index in [1.807, 2.05) is 12.1 Å². The van der Waals surface area contributed by atoms with Gasteiger partial charge in [0, 0.05) is 31.7 Å². The summed E-state index contributed by atoms with van der Waals surface area (Å²) in [7, 11) is 1.66. The zero-order valence-corrected chi connectivity index (χ0v) is 17.0. The van der Waals surface area contributed by atoms with E-state index < -0.39 is 0 Å². The number of likely N-dealkylation sites (tertiary alicyclic amines) is 1. The van der Waals surface area contributed by atoms with Gasteiger partial charge >= 0.3 is 0 Å². The van der Waals surface area contributed by atoms with Crippen molar-refractivity contribution < 1.29 is 14.3 Å². The molecule has 5 heteroatoms. The maximum Gasteiger partial charge on any atom is 0.234 e. The highest BCUT2D eigenvalue weighted by Crippen LogP contribution is 2.22. The Bertz CT molecular complexity index is 590. The van der Waals surface area contributed by atoms with Crippen molar-refractivity contribution in [3.05, 3.63) is 35.4 Å². The molecule has 1 heterocycles. The highest BCUT2D eigenvalue weighted by Gasteiger charge is 2.26. The smallest absolute Gasteiger partial charge is 0.234 e. The third-order valence-corrected chi connectivity index (χ3v) is 5.06. The Balaban J connectivity index is 1.74. The molecule has 0 spiro atoms. The van der Waals surface area contributed by atoms with Crippen molar-refractivity contribution in [2.24, 2.45) is 11.8 Å². The first-order valence-corrected chi connectivity index (χ1v) is 10.1. The monoisotopic (exact) mass is 374 g/mol. The maximum absolute atomic E-state index is 12.8. The number of hydrogen-bond acceptors (Lipinski definition) is 4. The minimum atomic E-state index is 0.0524. The van der Waals surface area contributed by atoms with E-state index in [0.29, 0.717) is 25.6 Å². The second-order valence-corrected chi connectivity index (χ2v) is 7.91. The SMILES string of the molecule is COCCCNC(=O)CN1CCC(C(=O)c2ccc(CC(C)C)cc2)CC1. The van der Waals surface area contributed by atoms with Crippen LogP contribution >= 0.6 is 0 Å². The molecule has 0 atom stereocenters. The fraction of sp³-hybridized carbons (Fsp3) is 0.636. The lowest BCUT2D eigenvalue weighted by atomic mass is 9.88. The molecule has 5 nitrogen and oxygen atoms in total. The number of Topliss-reactive ketones (excluding diaryl/α,β-unsaturated/α-hetero) is 1. The molecule has 0 bridgehead atoms. The van der Waals surface area contributed by atoms with Gasteiger partial charge in [-0.05, 0) is 50.3 Å². The lowest BCUT2D eigenvalue weighted by Gasteiger charge is -2.30. The molecule has 0 aliphatic carbocycles. The number of nitrogens with zero attached hydrogens (tertiary/aromatic N) is 1. The molecule has 0 radical (unpaired) electrons. The van der Waals surface area contributed by atoms with Gasteiger partial charge in [0.1, 0.15) is 0 Å². The van der Waals surface area contributed by atoms with E-state index in [4.69, 9.17) is 4.74 Å². The molecule has 27 heavy (non-hydrogen) atoms. The summed E-state index contributed by atoms with van der Waals surface area (Å²) in [6.07, 6.45) is 3.52. The van der Waals surface area contributed by atoms with Crippen molar-refractivity contribution in [2.45, 2.75) is 39.5 Å². The summed E-state index contributed by atoms with van der Waals surface area (Å²) < 4.78 is 4.97. The minimum absolute atomic E-state index is 0.0524. The second-order valence-electron chi connectivity index (χ2n) is 7.91. The quantitative estimate of drug-likeness (QED) is 0.505. The molecule has 2 rings (SSSR count). The van der Waals surface area contributed by atoms with E-state index in [1.54, 1.807) is 7.11 Å². The highest BCUT2D eigenvalue weighted by atomic mass is 16.5. The number of benzene rings is 1. The molecule has 1 aliphatic rings. The van der Waals surface area contributed by atoms with Gasteiger partial charge in [0.05, 0.1) is 6.54 Å². The van der Waals surface area contributed by atoms with E-state index >= 15 is 0 Å². The molecule has 1 aromatic carbocycles. The van der Waals surface area contributed by atoms with Gasteiger partial charge in [-0.3, -0.25) is 14.5 Å². The number of hydrogen-bond donors (Lipinski definition) is 1. The predicted molar refractivity (Wildman–Crippen MR) is 108 cm³/mol. The van der Waals surface area contributed by atoms with Gasteiger partial charge in [-0.25, -0.2) is 0 Å². The van der Waals surface area contributed by atoms with Crippen molar-refractivity contribution in [1.29, 1.82) is 0 Å². The molecule has 0 saturated carbocycles. The van der Waals surface area contributed by atoms with Crippen LogP contribution in [0.2, 0.25) is 0 Å². The first-order valence-electron chi connectivity index (χ1n) is 10.1. The first kappa shape index (κ1) is 21.6. The Morgan fingerprint density at radius 3 is 2.44 bits per heavy atom. The summed E-state index contributed by atoms with van der Waals surface area (Å²) in [5.74, 6) is 0.987. The number of carbonyl (C=O) groups is 2. The Morgan fingerprint density at radius 1 is 1.19 bits per heavy atom. The summed E-state index contributed by atoms with van der Waals surface area (Å²) in [5, 5.41) is 2.92. The number of ketones is 1. The van der Waals surface area contributed by atoms with Crippen molar-refractivity contribution in [3.63, 3.8) is 0 Å². The number of carbonyl (C=O) groups excluding carboxylic acids is 2. The molecule has 1 fully saturated rings. The van der Waals surface area contributed by atoms with Gasteiger partial charge in [-0.2, -0.15) is 0 Å². The van der Waals surface area contributed by atoms with Gasteiger partial charge < -0.3 is 10.1 Å². The molecule has 150 valence electrons. The van der Waals surface area contributed by atoms with Crippen LogP contribution in [0, 0.1) is 11.8 Å². The normalized spacial score (nSPS) is 15.9. The van der Waals surface area contributed by atoms with E-state index in [2.05, 4.69) is 36.2 Å². The second kappa shape index (κ2) is 11.2. The number of piperidine rings is 1. The fourth-order valence-corrected chi connectivity index (χ4v) is 3.57. The van der Waals surface area contributed by atoms with Gasteiger partial charge in [-0.15, -0.1) is 0 Å². The van der Waals surface area contributed by atoms with Crippen molar-refractivity contribution in [2.75, 3.05) is 39.9 Å². The zero-order chi connectivity index (χ0) is 19.6. The van der Waals surface area contributed by atoms with Crippen LogP contribution in [0.25, 0.3) is 0 Å². The van der Waals surface area contributed by atoms with Crippen molar-refractivity contribution >= 4 is 11.7 Å². The third-order valence-electron chi connectivity index (χ3n) is 5.06. The molecule has 1 saturated heterocycles. The van der Waals surface area contributed by atoms with Crippen molar-refractivity contribution in [1.82, 2.24) is 10.2 Å². The highest BCUT2D eigenvalue weighted by molar-refractivity contribution is 5.98. The molecule has 1 amide bonds. The first-order chi connectivity index (χ1) is 13.0. The fourth-order valence-electron chi connectivity index (χ4n) is 3.57. The molecular weight excluding hydrogens is 340 g/mol. The average molecular weight is 375 g/mol. The number of rotatable bonds is 10. The van der Waals surface area contributed by atoms with Gasteiger partial charge in [0.25, 0.3) is 0 Å². The number of nitrogens with one attached hydrogen (secondary N) is 1. The Labute approximate surface area is 163 Å². The average Bonchev–Trinajstić information content (AvgIpc) is 2.65. The zero-order valence-electron chi connectivity index (χ0n) is 17.0. The number of methoxy groups -OCH3 is 1. The Kier molecular flexibility index (Phi) is 8.95. The van der Waals surface area contributed by atoms with Crippen LogP contribution < -0.4 is 5.32 Å². The van der Waals surface area contributed by atoms with Crippen LogP contribution in [-0.4, -0.2) is 56.5 Å². The summed E-state index contributed by atoms with van der Waals surface area (Å²) >= 11 is 0. The van der Waals surface area contributed by atoms with Gasteiger partial charge in [0.15, 0.2) is 5.78 Å². The Morgan fingerprint density at radius 2 is 1.85 bits per heavy atom. The minimum Gasteiger partial charge on any atom is -0.385 e. The van der Waals surface area contributed by atoms with Crippen LogP contribution in [0.1, 0.15) is 49.0 Å². The topological polar surface area (TPSA) is 58.6 Å². The molecule has 1 aromatic rings. The van der Waals surface area contributed by atoms with E-state index in [9.17, 15) is 9.59 Å². The molecule has 0 aromatic heterocycles. The van der Waals surface area contributed by atoms with E-state index in [0.717, 1.165) is 44.3 Å². The number of ether oxygens (including phenoxy) is 1. The van der Waals surface area contributed by atoms with Crippen LogP contribution in [0.4, 0.5) is 0 Å². The van der Waals surface area contributed by atoms with Crippen LogP contribution in [0.5, 0.6) is 0 Å². The summed E-state index contributed by atoms with van der Waals surface area (Å²) in [4.78, 5) is 26.9. The summed E-state index contributed by atoms with van der Waals surface area (Å²) in [5.41, 5.74) is 2.10. The standard InChI is InChI=1S/C22H34N2O3/c1-17(2)15-18-5-7-19(8-6-18)22(26)20-9-12-24(13-10-20)16-21(25)23-11-4-14-27-3/h5-8,17,20H,4,9-16H2,1-3H3,(H,23,25). The van der Waals surface area contributed by atoms with Crippen molar-refractivity contribution in [3.8, 4) is 0 Å². The summed E-state index contributed by atoms with van der Waals surface area (Å²) in [6, 6.07) is 8.10. The van der Waals surface area contributed by atoms with Gasteiger partial charge in [0.2, 0.25) is 5.91 Å². The van der Waals surface area contributed by atoms with Crippen LogP contribution in [0.15, 0.2) is 24.3 Å².